The van der Waals surface area contributed by atoms with E-state index in [9.17, 15) is 21.6 Å². The molecule has 0 radical (unpaired) electrons. The standard InChI is InChI=1S/C20H24N4O5S2/c1-14-19(17-6-4-5-7-18(17)22-14)30(26,27)13-12-21-20(25)23-15-8-10-16(11-9-15)31(28,29)24(2)3/h4-11,22H,12-13H2,1-3H3,(H2,21,23,25). The quantitative estimate of drug-likeness (QED) is 0.494. The molecule has 0 fully saturated rings. The number of carbonyl (C=O) groups is 1. The summed E-state index contributed by atoms with van der Waals surface area (Å²) in [6.07, 6.45) is 0. The van der Waals surface area contributed by atoms with E-state index in [0.717, 1.165) is 9.82 Å². The molecule has 166 valence electrons. The lowest BCUT2D eigenvalue weighted by Gasteiger charge is -2.12. The number of aromatic amines is 1. The number of rotatable bonds is 7. The molecule has 3 rings (SSSR count). The van der Waals surface area contributed by atoms with Gasteiger partial charge in [0.25, 0.3) is 0 Å². The van der Waals surface area contributed by atoms with Gasteiger partial charge in [-0.1, -0.05) is 18.2 Å². The molecule has 0 aliphatic rings. The second-order valence-electron chi connectivity index (χ2n) is 7.14. The van der Waals surface area contributed by atoms with E-state index in [1.807, 2.05) is 12.1 Å². The van der Waals surface area contributed by atoms with E-state index >= 15 is 0 Å². The molecule has 11 heteroatoms. The Balaban J connectivity index is 1.60. The van der Waals surface area contributed by atoms with Crippen molar-refractivity contribution in [3.05, 3.63) is 54.2 Å². The molecule has 0 saturated carbocycles. The van der Waals surface area contributed by atoms with Gasteiger partial charge in [0.05, 0.1) is 15.5 Å². The van der Waals surface area contributed by atoms with Gasteiger partial charge in [0.2, 0.25) is 10.0 Å². The first-order valence-electron chi connectivity index (χ1n) is 9.40. The number of amides is 2. The van der Waals surface area contributed by atoms with Crippen molar-refractivity contribution >= 4 is 42.5 Å². The van der Waals surface area contributed by atoms with E-state index in [2.05, 4.69) is 15.6 Å². The highest BCUT2D eigenvalue weighted by Gasteiger charge is 2.22. The number of hydrogen-bond donors (Lipinski definition) is 3. The number of para-hydroxylation sites is 1. The fourth-order valence-electron chi connectivity index (χ4n) is 3.15. The predicted molar refractivity (Wildman–Crippen MR) is 119 cm³/mol. The predicted octanol–water partition coefficient (Wildman–Crippen LogP) is 2.32. The van der Waals surface area contributed by atoms with Crippen molar-refractivity contribution in [1.29, 1.82) is 0 Å². The lowest BCUT2D eigenvalue weighted by Crippen LogP contribution is -2.33. The summed E-state index contributed by atoms with van der Waals surface area (Å²) < 4.78 is 50.8. The monoisotopic (exact) mass is 464 g/mol. The second-order valence-corrected chi connectivity index (χ2v) is 11.3. The minimum Gasteiger partial charge on any atom is -0.358 e. The summed E-state index contributed by atoms with van der Waals surface area (Å²) in [4.78, 5) is 15.5. The van der Waals surface area contributed by atoms with Crippen molar-refractivity contribution in [2.24, 2.45) is 0 Å². The highest BCUT2D eigenvalue weighted by molar-refractivity contribution is 7.91. The SMILES string of the molecule is Cc1[nH]c2ccccc2c1S(=O)(=O)CCNC(=O)Nc1ccc(S(=O)(=O)N(C)C)cc1. The van der Waals surface area contributed by atoms with Crippen LogP contribution in [-0.2, 0) is 19.9 Å². The number of nitrogens with zero attached hydrogens (tertiary/aromatic N) is 1. The fraction of sp³-hybridized carbons (Fsp3) is 0.250. The summed E-state index contributed by atoms with van der Waals surface area (Å²) in [5.74, 6) is -0.261. The maximum atomic E-state index is 12.8. The summed E-state index contributed by atoms with van der Waals surface area (Å²) in [5, 5.41) is 5.69. The molecule has 1 heterocycles. The maximum absolute atomic E-state index is 12.8. The first-order valence-corrected chi connectivity index (χ1v) is 12.5. The summed E-state index contributed by atoms with van der Waals surface area (Å²) >= 11 is 0. The van der Waals surface area contributed by atoms with Gasteiger partial charge in [0.15, 0.2) is 9.84 Å². The molecule has 0 aliphatic heterocycles. The highest BCUT2D eigenvalue weighted by atomic mass is 32.2. The number of nitrogens with one attached hydrogen (secondary N) is 3. The van der Waals surface area contributed by atoms with Gasteiger partial charge in [0.1, 0.15) is 0 Å². The van der Waals surface area contributed by atoms with Crippen molar-refractivity contribution in [1.82, 2.24) is 14.6 Å². The highest BCUT2D eigenvalue weighted by Crippen LogP contribution is 2.27. The number of carbonyl (C=O) groups excluding carboxylic acids is 1. The Morgan fingerprint density at radius 2 is 1.65 bits per heavy atom. The Hall–Kier alpha value is -2.89. The Morgan fingerprint density at radius 3 is 2.29 bits per heavy atom. The molecule has 1 aromatic heterocycles. The number of hydrogen-bond acceptors (Lipinski definition) is 5. The van der Waals surface area contributed by atoms with E-state index in [-0.39, 0.29) is 22.1 Å². The van der Waals surface area contributed by atoms with Gasteiger partial charge in [-0.3, -0.25) is 0 Å². The van der Waals surface area contributed by atoms with E-state index in [1.165, 1.54) is 38.4 Å². The van der Waals surface area contributed by atoms with Gasteiger partial charge in [-0.05, 0) is 37.3 Å². The van der Waals surface area contributed by atoms with Crippen LogP contribution in [0.25, 0.3) is 10.9 Å². The van der Waals surface area contributed by atoms with E-state index in [1.54, 1.807) is 19.1 Å². The summed E-state index contributed by atoms with van der Waals surface area (Å²) in [5.41, 5.74) is 1.67. The van der Waals surface area contributed by atoms with Crippen LogP contribution in [0.3, 0.4) is 0 Å². The molecular formula is C20H24N4O5S2. The van der Waals surface area contributed by atoms with Crippen LogP contribution in [0.15, 0.2) is 58.3 Å². The maximum Gasteiger partial charge on any atom is 0.319 e. The molecule has 3 N–H and O–H groups in total. The summed E-state index contributed by atoms with van der Waals surface area (Å²) in [7, 11) is -4.31. The molecule has 0 unspecified atom stereocenters. The lowest BCUT2D eigenvalue weighted by atomic mass is 10.2. The van der Waals surface area contributed by atoms with Gasteiger partial charge in [-0.15, -0.1) is 0 Å². The third kappa shape index (κ3) is 4.89. The first kappa shape index (κ1) is 22.8. The first-order chi connectivity index (χ1) is 14.5. The van der Waals surface area contributed by atoms with Crippen LogP contribution in [-0.4, -0.2) is 58.5 Å². The molecular weight excluding hydrogens is 440 g/mol. The number of aromatic nitrogens is 1. The molecule has 2 aromatic carbocycles. The molecule has 0 spiro atoms. The number of anilines is 1. The Kier molecular flexibility index (Phi) is 6.39. The van der Waals surface area contributed by atoms with Crippen LogP contribution in [0.1, 0.15) is 5.69 Å². The van der Waals surface area contributed by atoms with Crippen LogP contribution in [0.5, 0.6) is 0 Å². The largest absolute Gasteiger partial charge is 0.358 e. The minimum absolute atomic E-state index is 0.0831. The van der Waals surface area contributed by atoms with Crippen molar-refractivity contribution in [2.75, 3.05) is 31.7 Å². The van der Waals surface area contributed by atoms with Crippen molar-refractivity contribution in [2.45, 2.75) is 16.7 Å². The zero-order valence-corrected chi connectivity index (χ0v) is 19.0. The molecule has 9 nitrogen and oxygen atoms in total. The topological polar surface area (TPSA) is 128 Å². The number of sulfone groups is 1. The number of H-pyrrole nitrogens is 1. The zero-order chi connectivity index (χ0) is 22.8. The number of benzene rings is 2. The van der Waals surface area contributed by atoms with Gasteiger partial charge in [0, 0.05) is 42.9 Å². The average Bonchev–Trinajstić information content (AvgIpc) is 3.04. The number of urea groups is 1. The average molecular weight is 465 g/mol. The van der Waals surface area contributed by atoms with Crippen LogP contribution in [0, 0.1) is 6.92 Å². The molecule has 0 bridgehead atoms. The van der Waals surface area contributed by atoms with Crippen LogP contribution in [0.4, 0.5) is 10.5 Å². The lowest BCUT2D eigenvalue weighted by molar-refractivity contribution is 0.252. The molecule has 0 aliphatic carbocycles. The summed E-state index contributed by atoms with van der Waals surface area (Å²) in [6, 6.07) is 12.2. The van der Waals surface area contributed by atoms with E-state index in [4.69, 9.17) is 0 Å². The number of fused-ring (bicyclic) bond motifs is 1. The molecule has 3 aromatic rings. The second kappa shape index (κ2) is 8.69. The zero-order valence-electron chi connectivity index (χ0n) is 17.3. The Morgan fingerprint density at radius 1 is 1.00 bits per heavy atom. The molecule has 0 atom stereocenters. The Bertz CT molecular complexity index is 1310. The third-order valence-electron chi connectivity index (χ3n) is 4.69. The molecule has 31 heavy (non-hydrogen) atoms. The van der Waals surface area contributed by atoms with Crippen molar-refractivity contribution in [3.63, 3.8) is 0 Å². The van der Waals surface area contributed by atoms with Gasteiger partial charge < -0.3 is 15.6 Å². The molecule has 0 saturated heterocycles. The fourth-order valence-corrected chi connectivity index (χ4v) is 5.66. The van der Waals surface area contributed by atoms with Crippen molar-refractivity contribution < 1.29 is 21.6 Å². The van der Waals surface area contributed by atoms with Crippen LogP contribution < -0.4 is 10.6 Å². The van der Waals surface area contributed by atoms with E-state index < -0.39 is 25.9 Å². The van der Waals surface area contributed by atoms with Gasteiger partial charge in [-0.25, -0.2) is 25.9 Å². The minimum atomic E-state index is -3.62. The molecule has 2 amide bonds. The van der Waals surface area contributed by atoms with Gasteiger partial charge in [-0.2, -0.15) is 0 Å². The summed E-state index contributed by atoms with van der Waals surface area (Å²) in [6.45, 7) is 1.62. The Labute approximate surface area is 181 Å². The van der Waals surface area contributed by atoms with Crippen LogP contribution >= 0.6 is 0 Å². The third-order valence-corrected chi connectivity index (χ3v) is 8.41. The normalized spacial score (nSPS) is 12.3. The van der Waals surface area contributed by atoms with E-state index in [0.29, 0.717) is 16.8 Å². The smallest absolute Gasteiger partial charge is 0.319 e. The number of sulfonamides is 1. The van der Waals surface area contributed by atoms with Crippen molar-refractivity contribution in [3.8, 4) is 0 Å². The van der Waals surface area contributed by atoms with Crippen LogP contribution in [0.2, 0.25) is 0 Å². The number of aryl methyl sites for hydroxylation is 1. The van der Waals surface area contributed by atoms with Gasteiger partial charge >= 0.3 is 6.03 Å².